The van der Waals surface area contributed by atoms with E-state index in [0.717, 1.165) is 10.5 Å². The number of hydrogen-bond donors (Lipinski definition) is 5. The molecule has 14 heteroatoms. The van der Waals surface area contributed by atoms with Crippen LogP contribution in [0.4, 0.5) is 5.69 Å². The van der Waals surface area contributed by atoms with Gasteiger partial charge in [-0.15, -0.1) is 9.24 Å². The van der Waals surface area contributed by atoms with Crippen molar-refractivity contribution < 1.29 is 33.6 Å². The number of benzene rings is 2. The predicted octanol–water partition coefficient (Wildman–Crippen LogP) is -1.32. The van der Waals surface area contributed by atoms with Crippen LogP contribution in [0.3, 0.4) is 0 Å². The fourth-order valence-electron chi connectivity index (χ4n) is 3.86. The Balaban J connectivity index is 1.43. The molecule has 1 heterocycles. The van der Waals surface area contributed by atoms with E-state index >= 15 is 0 Å². The van der Waals surface area contributed by atoms with Crippen molar-refractivity contribution in [3.8, 4) is 0 Å². The molecule has 0 radical (unpaired) electrons. The minimum absolute atomic E-state index is 0.0560. The second-order valence-corrected chi connectivity index (χ2v) is 9.48. The van der Waals surface area contributed by atoms with Gasteiger partial charge in [-0.25, -0.2) is 4.90 Å². The molecule has 0 aromatic heterocycles. The Kier molecular flexibility index (Phi) is 11.9. The monoisotopic (exact) mass is 594 g/mol. The SMILES string of the molecule is O=C(CNC(=O)Cc1ccc(N2C(=O)C=CC2=O)cc1)NCC(=O)NC(Cc1ccccc1)C(=O)NCC(=O)NCP. The summed E-state index contributed by atoms with van der Waals surface area (Å²) in [5.74, 6) is -3.55. The summed E-state index contributed by atoms with van der Waals surface area (Å²) in [6, 6.07) is 14.3. The van der Waals surface area contributed by atoms with Crippen LogP contribution in [0.2, 0.25) is 0 Å². The largest absolute Gasteiger partial charge is 0.351 e. The lowest BCUT2D eigenvalue weighted by molar-refractivity contribution is -0.131. The van der Waals surface area contributed by atoms with E-state index in [1.165, 1.54) is 12.2 Å². The molecular formula is C28H31N6O7P. The summed E-state index contributed by atoms with van der Waals surface area (Å²) in [6.07, 6.45) is 2.79. The van der Waals surface area contributed by atoms with Gasteiger partial charge in [-0.05, 0) is 23.3 Å². The highest BCUT2D eigenvalue weighted by atomic mass is 31.0. The third-order valence-electron chi connectivity index (χ3n) is 5.92. The molecule has 2 atom stereocenters. The van der Waals surface area contributed by atoms with Gasteiger partial charge < -0.3 is 26.6 Å². The molecular weight excluding hydrogens is 563 g/mol. The molecule has 0 saturated carbocycles. The van der Waals surface area contributed by atoms with Crippen LogP contribution in [-0.4, -0.2) is 73.3 Å². The first kappa shape index (κ1) is 31.6. The predicted molar refractivity (Wildman–Crippen MR) is 156 cm³/mol. The second kappa shape index (κ2) is 15.8. The Morgan fingerprint density at radius 3 is 1.88 bits per heavy atom. The average Bonchev–Trinajstić information content (AvgIpc) is 3.31. The van der Waals surface area contributed by atoms with E-state index in [0.29, 0.717) is 17.5 Å². The zero-order valence-electron chi connectivity index (χ0n) is 22.6. The molecule has 1 aliphatic heterocycles. The number of carbonyl (C=O) groups excluding carboxylic acids is 7. The van der Waals surface area contributed by atoms with Crippen molar-refractivity contribution in [2.75, 3.05) is 30.8 Å². The highest BCUT2D eigenvalue weighted by Crippen LogP contribution is 2.19. The van der Waals surface area contributed by atoms with Gasteiger partial charge in [0.15, 0.2) is 0 Å². The minimum Gasteiger partial charge on any atom is -0.351 e. The molecule has 5 N–H and O–H groups in total. The first-order chi connectivity index (χ1) is 20.2. The number of rotatable bonds is 14. The second-order valence-electron chi connectivity index (χ2n) is 9.07. The van der Waals surface area contributed by atoms with E-state index in [9.17, 15) is 33.6 Å². The molecule has 220 valence electrons. The van der Waals surface area contributed by atoms with Crippen molar-refractivity contribution in [1.82, 2.24) is 26.6 Å². The van der Waals surface area contributed by atoms with Gasteiger partial charge in [0, 0.05) is 24.9 Å². The third-order valence-corrected chi connectivity index (χ3v) is 6.12. The van der Waals surface area contributed by atoms with Gasteiger partial charge in [0.2, 0.25) is 29.5 Å². The van der Waals surface area contributed by atoms with Crippen LogP contribution in [-0.2, 0) is 46.4 Å². The first-order valence-corrected chi connectivity index (χ1v) is 13.7. The number of hydrogen-bond acceptors (Lipinski definition) is 7. The molecule has 42 heavy (non-hydrogen) atoms. The van der Waals surface area contributed by atoms with E-state index in [2.05, 4.69) is 35.8 Å². The van der Waals surface area contributed by atoms with Gasteiger partial charge in [-0.3, -0.25) is 33.6 Å². The van der Waals surface area contributed by atoms with Crippen molar-refractivity contribution >= 4 is 56.3 Å². The maximum Gasteiger partial charge on any atom is 0.258 e. The van der Waals surface area contributed by atoms with E-state index in [1.807, 2.05) is 6.07 Å². The molecule has 3 rings (SSSR count). The molecule has 7 amide bonds. The summed E-state index contributed by atoms with van der Waals surface area (Å²) in [5.41, 5.74) is 1.75. The van der Waals surface area contributed by atoms with Crippen LogP contribution in [0.1, 0.15) is 11.1 Å². The highest BCUT2D eigenvalue weighted by molar-refractivity contribution is 7.16. The number of carbonyl (C=O) groups is 7. The molecule has 13 nitrogen and oxygen atoms in total. The Labute approximate surface area is 244 Å². The van der Waals surface area contributed by atoms with Gasteiger partial charge in [-0.1, -0.05) is 42.5 Å². The van der Waals surface area contributed by atoms with Crippen LogP contribution < -0.4 is 31.5 Å². The van der Waals surface area contributed by atoms with Crippen molar-refractivity contribution in [2.45, 2.75) is 18.9 Å². The minimum atomic E-state index is -0.996. The Morgan fingerprint density at radius 2 is 1.24 bits per heavy atom. The molecule has 0 aliphatic carbocycles. The lowest BCUT2D eigenvalue weighted by Gasteiger charge is -2.19. The number of anilines is 1. The Morgan fingerprint density at radius 1 is 0.667 bits per heavy atom. The lowest BCUT2D eigenvalue weighted by atomic mass is 10.1. The van der Waals surface area contributed by atoms with Crippen molar-refractivity contribution in [3.63, 3.8) is 0 Å². The standard InChI is InChI=1S/C28H31N6O7P/c35-22(13-19-6-8-20(9-7-19)34-26(39)10-11-27(34)40)29-14-23(36)30-16-25(38)33-21(12-18-4-2-1-3-5-18)28(41)31-15-24(37)32-17-42/h1-11,21H,12-17,42H2,(H,29,35)(H,30,36)(H,31,41)(H,32,37)(H,33,38). The van der Waals surface area contributed by atoms with Gasteiger partial charge in [0.25, 0.3) is 11.8 Å². The molecule has 0 spiro atoms. The molecule has 1 aliphatic rings. The third kappa shape index (κ3) is 9.93. The summed E-state index contributed by atoms with van der Waals surface area (Å²) >= 11 is 0. The van der Waals surface area contributed by atoms with Crippen LogP contribution in [0.5, 0.6) is 0 Å². The van der Waals surface area contributed by atoms with Gasteiger partial charge in [0.05, 0.1) is 31.7 Å². The zero-order chi connectivity index (χ0) is 30.5. The van der Waals surface area contributed by atoms with Crippen molar-refractivity contribution in [2.24, 2.45) is 0 Å². The molecule has 0 saturated heterocycles. The Bertz CT molecular complexity index is 1350. The number of nitrogens with zero attached hydrogens (tertiary/aromatic N) is 1. The van der Waals surface area contributed by atoms with Crippen molar-refractivity contribution in [1.29, 1.82) is 0 Å². The van der Waals surface area contributed by atoms with Crippen LogP contribution in [0.25, 0.3) is 0 Å². The van der Waals surface area contributed by atoms with Gasteiger partial charge in [-0.2, -0.15) is 0 Å². The van der Waals surface area contributed by atoms with Crippen LogP contribution in [0, 0.1) is 0 Å². The fraction of sp³-hybridized carbons (Fsp3) is 0.250. The van der Waals surface area contributed by atoms with Gasteiger partial charge >= 0.3 is 0 Å². The van der Waals surface area contributed by atoms with Crippen LogP contribution in [0.15, 0.2) is 66.7 Å². The lowest BCUT2D eigenvalue weighted by Crippen LogP contribution is -2.52. The molecule has 0 fully saturated rings. The summed E-state index contributed by atoms with van der Waals surface area (Å²) in [4.78, 5) is 85.9. The van der Waals surface area contributed by atoms with Crippen molar-refractivity contribution in [3.05, 3.63) is 77.9 Å². The average molecular weight is 595 g/mol. The fourth-order valence-corrected chi connectivity index (χ4v) is 4.08. The number of imide groups is 1. The summed E-state index contributed by atoms with van der Waals surface area (Å²) in [7, 11) is 2.33. The smallest absolute Gasteiger partial charge is 0.258 e. The molecule has 2 unspecified atom stereocenters. The van der Waals surface area contributed by atoms with Crippen LogP contribution >= 0.6 is 9.24 Å². The molecule has 2 aromatic carbocycles. The number of amides is 7. The highest BCUT2D eigenvalue weighted by Gasteiger charge is 2.25. The van der Waals surface area contributed by atoms with E-state index in [1.54, 1.807) is 48.5 Å². The zero-order valence-corrected chi connectivity index (χ0v) is 23.7. The summed E-state index contributed by atoms with van der Waals surface area (Å²) < 4.78 is 0. The Hall–Kier alpha value is -4.90. The topological polar surface area (TPSA) is 183 Å². The first-order valence-electron chi connectivity index (χ1n) is 12.9. The summed E-state index contributed by atoms with van der Waals surface area (Å²) in [6.45, 7) is -1.08. The normalized spacial score (nSPS) is 12.8. The molecule has 0 bridgehead atoms. The molecule has 2 aromatic rings. The van der Waals surface area contributed by atoms with E-state index in [-0.39, 0.29) is 31.8 Å². The summed E-state index contributed by atoms with van der Waals surface area (Å²) in [5, 5.41) is 12.4. The van der Waals surface area contributed by atoms with E-state index < -0.39 is 48.0 Å². The quantitative estimate of drug-likeness (QED) is 0.133. The van der Waals surface area contributed by atoms with Gasteiger partial charge in [0.1, 0.15) is 6.04 Å². The number of nitrogens with one attached hydrogen (secondary N) is 5. The maximum atomic E-state index is 12.7. The van der Waals surface area contributed by atoms with E-state index in [4.69, 9.17) is 0 Å². The maximum absolute atomic E-state index is 12.7.